The van der Waals surface area contributed by atoms with E-state index >= 15 is 0 Å². The van der Waals surface area contributed by atoms with Crippen molar-refractivity contribution in [3.8, 4) is 6.07 Å². The molecule has 0 saturated heterocycles. The zero-order chi connectivity index (χ0) is 12.5. The minimum absolute atomic E-state index is 0.484. The Morgan fingerprint density at radius 3 is 1.41 bits per heavy atom. The van der Waals surface area contributed by atoms with Crippen molar-refractivity contribution in [1.82, 2.24) is 0 Å². The third-order valence-corrected chi connectivity index (χ3v) is 2.60. The van der Waals surface area contributed by atoms with Crippen LogP contribution in [0.1, 0.15) is 30.9 Å². The van der Waals surface area contributed by atoms with Crippen molar-refractivity contribution in [3.05, 3.63) is 71.8 Å². The molecule has 1 nitrogen and oxygen atoms in total. The van der Waals surface area contributed by atoms with Crippen LogP contribution in [0.25, 0.3) is 0 Å². The third-order valence-electron chi connectivity index (χ3n) is 2.60. The van der Waals surface area contributed by atoms with E-state index < -0.39 is 0 Å². The average Bonchev–Trinajstić information content (AvgIpc) is 2.41. The Morgan fingerprint density at radius 1 is 0.824 bits per heavy atom. The molecule has 2 aromatic rings. The van der Waals surface area contributed by atoms with Crippen LogP contribution in [0.15, 0.2) is 60.7 Å². The van der Waals surface area contributed by atoms with Crippen LogP contribution >= 0.6 is 0 Å². The summed E-state index contributed by atoms with van der Waals surface area (Å²) in [5.74, 6) is 0.484. The molecule has 0 aromatic heterocycles. The second-order valence-corrected chi connectivity index (χ2v) is 3.77. The lowest BCUT2D eigenvalue weighted by Crippen LogP contribution is -1.94. The van der Waals surface area contributed by atoms with E-state index in [1.165, 1.54) is 18.1 Å². The van der Waals surface area contributed by atoms with E-state index in [2.05, 4.69) is 67.6 Å². The molecule has 0 aliphatic carbocycles. The minimum Gasteiger partial charge on any atom is -0.199 e. The molecule has 86 valence electrons. The van der Waals surface area contributed by atoms with Crippen LogP contribution in [0.2, 0.25) is 0 Å². The van der Waals surface area contributed by atoms with E-state index in [9.17, 15) is 0 Å². The summed E-state index contributed by atoms with van der Waals surface area (Å²) in [6, 6.07) is 22.9. The van der Waals surface area contributed by atoms with E-state index in [0.717, 1.165) is 0 Å². The molecule has 0 aliphatic heterocycles. The van der Waals surface area contributed by atoms with Crippen LogP contribution in [-0.4, -0.2) is 0 Å². The zero-order valence-corrected chi connectivity index (χ0v) is 10.3. The summed E-state index contributed by atoms with van der Waals surface area (Å²) < 4.78 is 0. The topological polar surface area (TPSA) is 23.8 Å². The summed E-state index contributed by atoms with van der Waals surface area (Å²) in [6.45, 7) is 3.67. The highest BCUT2D eigenvalue weighted by atomic mass is 14.2. The molecule has 0 fully saturated rings. The van der Waals surface area contributed by atoms with E-state index in [4.69, 9.17) is 5.26 Å². The largest absolute Gasteiger partial charge is 0.199 e. The first-order valence-corrected chi connectivity index (χ1v) is 5.70. The number of hydrogen-bond acceptors (Lipinski definition) is 1. The molecule has 0 bridgehead atoms. The Hall–Kier alpha value is -2.07. The van der Waals surface area contributed by atoms with Crippen molar-refractivity contribution in [2.24, 2.45) is 0 Å². The number of benzene rings is 2. The maximum Gasteiger partial charge on any atom is 0.0587 e. The fraction of sp³-hybridized carbons (Fsp3) is 0.188. The van der Waals surface area contributed by atoms with E-state index in [1.54, 1.807) is 6.07 Å². The van der Waals surface area contributed by atoms with Crippen molar-refractivity contribution in [2.45, 2.75) is 19.8 Å². The quantitative estimate of drug-likeness (QED) is 0.741. The van der Waals surface area contributed by atoms with E-state index in [-0.39, 0.29) is 0 Å². The van der Waals surface area contributed by atoms with Crippen LogP contribution < -0.4 is 0 Å². The van der Waals surface area contributed by atoms with Crippen molar-refractivity contribution in [1.29, 1.82) is 5.26 Å². The van der Waals surface area contributed by atoms with Gasteiger partial charge in [-0.05, 0) is 11.1 Å². The van der Waals surface area contributed by atoms with Gasteiger partial charge in [0.25, 0.3) is 0 Å². The van der Waals surface area contributed by atoms with Gasteiger partial charge < -0.3 is 0 Å². The molecule has 0 atom stereocenters. The maximum absolute atomic E-state index is 7.32. The lowest BCUT2D eigenvalue weighted by atomic mass is 9.93. The first kappa shape index (κ1) is 13.0. The van der Waals surface area contributed by atoms with Gasteiger partial charge in [-0.2, -0.15) is 5.26 Å². The Labute approximate surface area is 103 Å². The second-order valence-electron chi connectivity index (χ2n) is 3.77. The highest BCUT2D eigenvalue weighted by Gasteiger charge is 2.05. The number of hydrogen-bond donors (Lipinski definition) is 0. The van der Waals surface area contributed by atoms with Gasteiger partial charge in [0.1, 0.15) is 0 Å². The van der Waals surface area contributed by atoms with Crippen LogP contribution in [-0.2, 0) is 0 Å². The van der Waals surface area contributed by atoms with Crippen LogP contribution in [0, 0.1) is 11.3 Å². The summed E-state index contributed by atoms with van der Waals surface area (Å²) in [6.07, 6.45) is 0. The van der Waals surface area contributed by atoms with Gasteiger partial charge in [0.15, 0.2) is 0 Å². The van der Waals surface area contributed by atoms with Gasteiger partial charge >= 0.3 is 0 Å². The maximum atomic E-state index is 7.32. The number of nitriles is 1. The summed E-state index contributed by atoms with van der Waals surface area (Å²) >= 11 is 0. The molecule has 1 heteroatoms. The Morgan fingerprint density at radius 2 is 1.12 bits per heavy atom. The molecule has 0 unspecified atom stereocenters. The smallest absolute Gasteiger partial charge is 0.0587 e. The number of rotatable bonds is 2. The summed E-state index contributed by atoms with van der Waals surface area (Å²) in [4.78, 5) is 0. The van der Waals surface area contributed by atoms with Crippen molar-refractivity contribution >= 4 is 0 Å². The highest BCUT2D eigenvalue weighted by Crippen LogP contribution is 2.22. The van der Waals surface area contributed by atoms with Gasteiger partial charge in [-0.1, -0.05) is 67.6 Å². The average molecular weight is 223 g/mol. The molecule has 0 N–H and O–H groups in total. The van der Waals surface area contributed by atoms with Gasteiger partial charge in [-0.25, -0.2) is 0 Å². The molecule has 0 aliphatic rings. The van der Waals surface area contributed by atoms with Gasteiger partial charge in [-0.15, -0.1) is 0 Å². The van der Waals surface area contributed by atoms with E-state index in [0.29, 0.717) is 5.92 Å². The minimum atomic E-state index is 0.484. The zero-order valence-electron chi connectivity index (χ0n) is 10.3. The molecule has 0 spiro atoms. The lowest BCUT2D eigenvalue weighted by molar-refractivity contribution is 0.922. The van der Waals surface area contributed by atoms with Gasteiger partial charge in [0, 0.05) is 12.8 Å². The summed E-state index contributed by atoms with van der Waals surface area (Å²) in [7, 11) is 0. The molecule has 2 rings (SSSR count). The van der Waals surface area contributed by atoms with Gasteiger partial charge in [-0.3, -0.25) is 0 Å². The molecular weight excluding hydrogens is 206 g/mol. The van der Waals surface area contributed by atoms with Crippen LogP contribution in [0.3, 0.4) is 0 Å². The fourth-order valence-electron chi connectivity index (χ4n) is 1.68. The predicted octanol–water partition coefficient (Wildman–Crippen LogP) is 4.37. The highest BCUT2D eigenvalue weighted by molar-refractivity contribution is 5.31. The van der Waals surface area contributed by atoms with Gasteiger partial charge in [0.05, 0.1) is 6.07 Å². The lowest BCUT2D eigenvalue weighted by Gasteiger charge is -2.11. The molecule has 0 amide bonds. The standard InChI is InChI=1S/C14H14.C2H3N/c1-12(13-8-4-2-5-9-13)14-10-6-3-7-11-14;1-2-3/h2-12H,1H3;1H3. The second kappa shape index (κ2) is 7.24. The van der Waals surface area contributed by atoms with Crippen LogP contribution in [0.5, 0.6) is 0 Å². The van der Waals surface area contributed by atoms with Crippen molar-refractivity contribution in [3.63, 3.8) is 0 Å². The summed E-state index contributed by atoms with van der Waals surface area (Å²) in [5, 5.41) is 7.32. The monoisotopic (exact) mass is 223 g/mol. The number of nitrogens with zero attached hydrogens (tertiary/aromatic N) is 1. The van der Waals surface area contributed by atoms with Crippen molar-refractivity contribution in [2.75, 3.05) is 0 Å². The van der Waals surface area contributed by atoms with Crippen molar-refractivity contribution < 1.29 is 0 Å². The molecule has 0 saturated carbocycles. The SMILES string of the molecule is CC#N.CC(c1ccccc1)c1ccccc1. The third kappa shape index (κ3) is 4.12. The molecule has 2 aromatic carbocycles. The molecule has 0 radical (unpaired) electrons. The first-order valence-electron chi connectivity index (χ1n) is 5.70. The molecular formula is C16H17N. The normalized spacial score (nSPS) is 9.06. The van der Waals surface area contributed by atoms with Crippen LogP contribution in [0.4, 0.5) is 0 Å². The molecule has 17 heavy (non-hydrogen) atoms. The van der Waals surface area contributed by atoms with E-state index in [1.807, 2.05) is 0 Å². The Balaban J connectivity index is 0.000000437. The molecule has 0 heterocycles. The Kier molecular flexibility index (Phi) is 5.54. The van der Waals surface area contributed by atoms with Gasteiger partial charge in [0.2, 0.25) is 0 Å². The summed E-state index contributed by atoms with van der Waals surface area (Å²) in [5.41, 5.74) is 2.75. The Bertz CT molecular complexity index is 414. The predicted molar refractivity (Wildman–Crippen MR) is 71.7 cm³/mol. The first-order chi connectivity index (χ1) is 8.29. The fourth-order valence-corrected chi connectivity index (χ4v) is 1.68.